The van der Waals surface area contributed by atoms with E-state index < -0.39 is 17.3 Å². The molecule has 2 aromatic carbocycles. The second-order valence-electron chi connectivity index (χ2n) is 7.58. The first kappa shape index (κ1) is 19.8. The highest BCUT2D eigenvalue weighted by molar-refractivity contribution is 6.07. The number of aryl methyl sites for hydroxylation is 2. The fraction of sp³-hybridized carbons (Fsp3) is 0.208. The maximum Gasteiger partial charge on any atom is 0.268 e. The van der Waals surface area contributed by atoms with Crippen molar-refractivity contribution in [3.8, 4) is 5.69 Å². The zero-order chi connectivity index (χ0) is 21.4. The van der Waals surface area contributed by atoms with E-state index in [0.29, 0.717) is 41.9 Å². The van der Waals surface area contributed by atoms with Crippen molar-refractivity contribution in [2.75, 3.05) is 5.32 Å². The molecule has 0 saturated heterocycles. The summed E-state index contributed by atoms with van der Waals surface area (Å²) in [7, 11) is 0. The number of carbonyl (C=O) groups excluding carboxylic acids is 2. The quantitative estimate of drug-likeness (QED) is 0.705. The van der Waals surface area contributed by atoms with Crippen LogP contribution in [0.3, 0.4) is 0 Å². The van der Waals surface area contributed by atoms with Gasteiger partial charge in [-0.3, -0.25) is 19.0 Å². The highest BCUT2D eigenvalue weighted by Crippen LogP contribution is 2.24. The molecule has 0 unspecified atom stereocenters. The van der Waals surface area contributed by atoms with Crippen LogP contribution < -0.4 is 10.9 Å². The molecule has 0 saturated carbocycles. The van der Waals surface area contributed by atoms with E-state index in [1.807, 2.05) is 32.0 Å². The van der Waals surface area contributed by atoms with Crippen molar-refractivity contribution >= 4 is 17.4 Å². The second kappa shape index (κ2) is 7.71. The Labute approximate surface area is 173 Å². The molecule has 0 fully saturated rings. The van der Waals surface area contributed by atoms with Crippen molar-refractivity contribution in [2.24, 2.45) is 0 Å². The van der Waals surface area contributed by atoms with Crippen molar-refractivity contribution < 1.29 is 14.0 Å². The van der Waals surface area contributed by atoms with Crippen LogP contribution >= 0.6 is 0 Å². The zero-order valence-corrected chi connectivity index (χ0v) is 16.8. The normalized spacial score (nSPS) is 13.1. The fourth-order valence-corrected chi connectivity index (χ4v) is 3.78. The maximum atomic E-state index is 13.4. The minimum Gasteiger partial charge on any atom is -0.322 e. The summed E-state index contributed by atoms with van der Waals surface area (Å²) in [5, 5.41) is 2.79. The predicted molar refractivity (Wildman–Crippen MR) is 113 cm³/mol. The monoisotopic (exact) mass is 404 g/mol. The van der Waals surface area contributed by atoms with Gasteiger partial charge in [-0.05, 0) is 74.2 Å². The third-order valence-corrected chi connectivity index (χ3v) is 5.39. The van der Waals surface area contributed by atoms with Gasteiger partial charge in [-0.1, -0.05) is 12.1 Å². The number of nitrogens with one attached hydrogen (secondary N) is 1. The Bertz CT molecular complexity index is 1230. The fourth-order valence-electron chi connectivity index (χ4n) is 3.78. The van der Waals surface area contributed by atoms with Gasteiger partial charge in [-0.2, -0.15) is 0 Å². The minimum absolute atomic E-state index is 0.104. The molecule has 1 aliphatic carbocycles. The van der Waals surface area contributed by atoms with E-state index >= 15 is 0 Å². The molecule has 0 spiro atoms. The Kier molecular flexibility index (Phi) is 5.08. The Morgan fingerprint density at radius 2 is 1.73 bits per heavy atom. The van der Waals surface area contributed by atoms with Crippen molar-refractivity contribution in [2.45, 2.75) is 33.1 Å². The Morgan fingerprint density at radius 1 is 1.00 bits per heavy atom. The predicted octanol–water partition coefficient (Wildman–Crippen LogP) is 4.36. The summed E-state index contributed by atoms with van der Waals surface area (Å²) in [4.78, 5) is 38.9. The topological polar surface area (TPSA) is 68.2 Å². The molecule has 0 aliphatic heterocycles. The second-order valence-corrected chi connectivity index (χ2v) is 7.58. The largest absolute Gasteiger partial charge is 0.322 e. The van der Waals surface area contributed by atoms with E-state index in [2.05, 4.69) is 5.32 Å². The van der Waals surface area contributed by atoms with Crippen molar-refractivity contribution in [1.29, 1.82) is 0 Å². The Balaban J connectivity index is 1.87. The van der Waals surface area contributed by atoms with E-state index in [4.69, 9.17) is 0 Å². The van der Waals surface area contributed by atoms with Gasteiger partial charge >= 0.3 is 0 Å². The lowest BCUT2D eigenvalue weighted by Gasteiger charge is -2.22. The van der Waals surface area contributed by atoms with Crippen LogP contribution in [0.5, 0.6) is 0 Å². The van der Waals surface area contributed by atoms with E-state index in [1.165, 1.54) is 34.9 Å². The number of pyridine rings is 1. The summed E-state index contributed by atoms with van der Waals surface area (Å²) in [6.07, 6.45) is 1.53. The third-order valence-electron chi connectivity index (χ3n) is 5.39. The molecule has 30 heavy (non-hydrogen) atoms. The van der Waals surface area contributed by atoms with Crippen LogP contribution in [0, 0.1) is 19.7 Å². The number of anilines is 1. The number of rotatable bonds is 3. The average Bonchev–Trinajstić information content (AvgIpc) is 2.71. The molecule has 4 rings (SSSR count). The number of aromatic nitrogens is 1. The number of halogens is 1. The molecule has 3 aromatic rings. The van der Waals surface area contributed by atoms with Gasteiger partial charge in [-0.25, -0.2) is 4.39 Å². The van der Waals surface area contributed by atoms with Crippen LogP contribution in [0.15, 0.2) is 53.3 Å². The van der Waals surface area contributed by atoms with Crippen LogP contribution in [0.25, 0.3) is 5.69 Å². The maximum absolute atomic E-state index is 13.4. The van der Waals surface area contributed by atoms with Gasteiger partial charge in [0.05, 0.1) is 0 Å². The number of benzene rings is 2. The molecule has 1 aromatic heterocycles. The summed E-state index contributed by atoms with van der Waals surface area (Å²) < 4.78 is 14.8. The summed E-state index contributed by atoms with van der Waals surface area (Å²) in [6, 6.07) is 12.5. The van der Waals surface area contributed by atoms with Gasteiger partial charge in [-0.15, -0.1) is 0 Å². The summed E-state index contributed by atoms with van der Waals surface area (Å²) in [5.74, 6) is -1.11. The number of amides is 1. The number of ketones is 1. The van der Waals surface area contributed by atoms with Crippen molar-refractivity contribution in [3.05, 3.63) is 92.6 Å². The SMILES string of the molecule is Cc1ccc(C)c(NC(=O)c2cc3c(n(-c4ccc(F)cc4)c2=O)CCCC3=O)c1. The van der Waals surface area contributed by atoms with E-state index in [-0.39, 0.29) is 11.3 Å². The number of nitrogens with zero attached hydrogens (tertiary/aromatic N) is 1. The third kappa shape index (κ3) is 3.56. The van der Waals surface area contributed by atoms with Crippen LogP contribution in [0.1, 0.15) is 50.4 Å². The molecule has 6 heteroatoms. The molecule has 1 N–H and O–H groups in total. The highest BCUT2D eigenvalue weighted by Gasteiger charge is 2.26. The molecular weight excluding hydrogens is 383 g/mol. The van der Waals surface area contributed by atoms with Crippen LogP contribution in [-0.2, 0) is 6.42 Å². The lowest BCUT2D eigenvalue weighted by atomic mass is 9.92. The molecule has 1 heterocycles. The molecule has 0 radical (unpaired) electrons. The summed E-state index contributed by atoms with van der Waals surface area (Å²) in [5.41, 5.74) is 3.15. The molecule has 0 atom stereocenters. The first-order valence-corrected chi connectivity index (χ1v) is 9.82. The molecule has 5 nitrogen and oxygen atoms in total. The first-order valence-electron chi connectivity index (χ1n) is 9.82. The van der Waals surface area contributed by atoms with E-state index in [0.717, 1.165) is 11.1 Å². The van der Waals surface area contributed by atoms with E-state index in [9.17, 15) is 18.8 Å². The highest BCUT2D eigenvalue weighted by atomic mass is 19.1. The van der Waals surface area contributed by atoms with Crippen molar-refractivity contribution in [1.82, 2.24) is 4.57 Å². The van der Waals surface area contributed by atoms with Crippen LogP contribution in [-0.4, -0.2) is 16.3 Å². The number of fused-ring (bicyclic) bond motifs is 1. The van der Waals surface area contributed by atoms with Gasteiger partial charge < -0.3 is 5.32 Å². The lowest BCUT2D eigenvalue weighted by molar-refractivity contribution is 0.0971. The number of Topliss-reactive ketones (excluding diaryl/α,β-unsaturated/α-hetero) is 1. The zero-order valence-electron chi connectivity index (χ0n) is 16.8. The van der Waals surface area contributed by atoms with Gasteiger partial charge in [0.1, 0.15) is 11.4 Å². The van der Waals surface area contributed by atoms with Crippen LogP contribution in [0.4, 0.5) is 10.1 Å². The number of carbonyl (C=O) groups is 2. The lowest BCUT2D eigenvalue weighted by Crippen LogP contribution is -2.33. The van der Waals surface area contributed by atoms with Gasteiger partial charge in [0.15, 0.2) is 5.78 Å². The molecule has 1 aliphatic rings. The van der Waals surface area contributed by atoms with Crippen molar-refractivity contribution in [3.63, 3.8) is 0 Å². The molecule has 0 bridgehead atoms. The van der Waals surface area contributed by atoms with E-state index in [1.54, 1.807) is 0 Å². The molecule has 1 amide bonds. The van der Waals surface area contributed by atoms with Gasteiger partial charge in [0.2, 0.25) is 0 Å². The number of hydrogen-bond donors (Lipinski definition) is 1. The molecular formula is C24H21FN2O3. The van der Waals surface area contributed by atoms with Gasteiger partial charge in [0.25, 0.3) is 11.5 Å². The van der Waals surface area contributed by atoms with Gasteiger partial charge in [0, 0.05) is 29.1 Å². The first-order chi connectivity index (χ1) is 14.3. The number of hydrogen-bond acceptors (Lipinski definition) is 3. The standard InChI is InChI=1S/C24H21FN2O3/c1-14-6-7-15(2)20(12-14)26-23(29)19-13-18-21(4-3-5-22(18)28)27(24(19)30)17-10-8-16(25)9-11-17/h6-13H,3-5H2,1-2H3,(H,26,29). The Hall–Kier alpha value is -3.54. The average molecular weight is 404 g/mol. The minimum atomic E-state index is -0.578. The van der Waals surface area contributed by atoms with Crippen LogP contribution in [0.2, 0.25) is 0 Å². The summed E-state index contributed by atoms with van der Waals surface area (Å²) >= 11 is 0. The Morgan fingerprint density at radius 3 is 2.47 bits per heavy atom. The summed E-state index contributed by atoms with van der Waals surface area (Å²) in [6.45, 7) is 3.77. The molecule has 152 valence electrons. The smallest absolute Gasteiger partial charge is 0.268 e.